The van der Waals surface area contributed by atoms with Crippen LogP contribution in [0.2, 0.25) is 0 Å². The van der Waals surface area contributed by atoms with Crippen LogP contribution in [0.4, 0.5) is 11.5 Å². The third-order valence-corrected chi connectivity index (χ3v) is 2.57. The zero-order valence-corrected chi connectivity index (χ0v) is 9.44. The van der Waals surface area contributed by atoms with Gasteiger partial charge in [-0.2, -0.15) is 0 Å². The van der Waals surface area contributed by atoms with Gasteiger partial charge in [0.15, 0.2) is 5.82 Å². The molecule has 0 saturated heterocycles. The van der Waals surface area contributed by atoms with E-state index in [-0.39, 0.29) is 0 Å². The monoisotopic (exact) mass is 204 g/mol. The second kappa shape index (κ2) is 3.53. The first-order chi connectivity index (χ1) is 7.11. The number of fused-ring (bicyclic) bond motifs is 1. The van der Waals surface area contributed by atoms with Gasteiger partial charge in [-0.3, -0.25) is 0 Å². The van der Waals surface area contributed by atoms with Crippen molar-refractivity contribution in [1.82, 2.24) is 9.97 Å². The van der Waals surface area contributed by atoms with Crippen molar-refractivity contribution in [1.29, 1.82) is 0 Å². The van der Waals surface area contributed by atoms with E-state index in [1.807, 2.05) is 13.2 Å². The molecule has 1 aliphatic rings. The molecule has 0 fully saturated rings. The van der Waals surface area contributed by atoms with Crippen molar-refractivity contribution >= 4 is 11.5 Å². The minimum atomic E-state index is 0.385. The van der Waals surface area contributed by atoms with Crippen LogP contribution in [-0.4, -0.2) is 29.6 Å². The summed E-state index contributed by atoms with van der Waals surface area (Å²) < 4.78 is 0. The molecule has 80 valence electrons. The Morgan fingerprint density at radius 2 is 2.20 bits per heavy atom. The van der Waals surface area contributed by atoms with Crippen molar-refractivity contribution in [3.8, 4) is 0 Å². The van der Waals surface area contributed by atoms with Gasteiger partial charge in [-0.05, 0) is 13.8 Å². The summed E-state index contributed by atoms with van der Waals surface area (Å²) in [7, 11) is 2.02. The average molecular weight is 204 g/mol. The summed E-state index contributed by atoms with van der Waals surface area (Å²) in [5.41, 5.74) is 2.14. The van der Waals surface area contributed by atoms with Crippen LogP contribution in [0.5, 0.6) is 0 Å². The molecule has 4 nitrogen and oxygen atoms in total. The summed E-state index contributed by atoms with van der Waals surface area (Å²) in [6.45, 7) is 9.21. The molecular formula is C11H16N4. The standard InChI is InChI=1S/C11H16N4/c1-8(2)15-9(3)6-14(4)11-10(15)5-12-7-13-11/h5,7-8H,3,6H2,1-2,4H3. The van der Waals surface area contributed by atoms with E-state index in [0.717, 1.165) is 23.7 Å². The van der Waals surface area contributed by atoms with Gasteiger partial charge in [0.05, 0.1) is 12.7 Å². The molecule has 1 aromatic heterocycles. The largest absolute Gasteiger partial charge is 0.352 e. The lowest BCUT2D eigenvalue weighted by molar-refractivity contribution is 0.709. The first-order valence-electron chi connectivity index (χ1n) is 5.09. The van der Waals surface area contributed by atoms with E-state index in [1.165, 1.54) is 0 Å². The highest BCUT2D eigenvalue weighted by molar-refractivity contribution is 5.72. The highest BCUT2D eigenvalue weighted by Crippen LogP contribution is 2.33. The van der Waals surface area contributed by atoms with Crippen LogP contribution < -0.4 is 9.80 Å². The quantitative estimate of drug-likeness (QED) is 0.696. The lowest BCUT2D eigenvalue weighted by Gasteiger charge is -2.39. The normalized spacial score (nSPS) is 15.9. The number of aromatic nitrogens is 2. The summed E-state index contributed by atoms with van der Waals surface area (Å²) in [6.07, 6.45) is 3.44. The van der Waals surface area contributed by atoms with Gasteiger partial charge in [0.1, 0.15) is 12.0 Å². The summed E-state index contributed by atoms with van der Waals surface area (Å²) in [6, 6.07) is 0.385. The molecule has 0 atom stereocenters. The third kappa shape index (κ3) is 1.56. The number of nitrogens with zero attached hydrogens (tertiary/aromatic N) is 4. The SMILES string of the molecule is C=C1CN(C)c2ncncc2N1C(C)C. The predicted octanol–water partition coefficient (Wildman–Crippen LogP) is 1.65. The second-order valence-corrected chi connectivity index (χ2v) is 4.12. The van der Waals surface area contributed by atoms with Crippen molar-refractivity contribution in [2.45, 2.75) is 19.9 Å². The van der Waals surface area contributed by atoms with Crippen LogP contribution in [0.15, 0.2) is 24.8 Å². The second-order valence-electron chi connectivity index (χ2n) is 4.12. The van der Waals surface area contributed by atoms with Crippen molar-refractivity contribution in [3.63, 3.8) is 0 Å². The van der Waals surface area contributed by atoms with Gasteiger partial charge >= 0.3 is 0 Å². The Hall–Kier alpha value is -1.58. The lowest BCUT2D eigenvalue weighted by Crippen LogP contribution is -2.41. The molecule has 0 unspecified atom stereocenters. The molecule has 0 radical (unpaired) electrons. The molecule has 0 N–H and O–H groups in total. The Morgan fingerprint density at radius 3 is 2.87 bits per heavy atom. The van der Waals surface area contributed by atoms with Crippen molar-refractivity contribution < 1.29 is 0 Å². The zero-order valence-electron chi connectivity index (χ0n) is 9.44. The Balaban J connectivity index is 2.51. The van der Waals surface area contributed by atoms with Gasteiger partial charge in [-0.25, -0.2) is 9.97 Å². The fourth-order valence-corrected chi connectivity index (χ4v) is 2.02. The van der Waals surface area contributed by atoms with Gasteiger partial charge in [0, 0.05) is 18.8 Å². The Morgan fingerprint density at radius 1 is 1.47 bits per heavy atom. The van der Waals surface area contributed by atoms with Gasteiger partial charge < -0.3 is 9.80 Å². The van der Waals surface area contributed by atoms with Crippen LogP contribution in [-0.2, 0) is 0 Å². The molecule has 0 saturated carbocycles. The summed E-state index contributed by atoms with van der Waals surface area (Å²) in [4.78, 5) is 12.7. The van der Waals surface area contributed by atoms with Crippen molar-refractivity contribution in [3.05, 3.63) is 24.8 Å². The summed E-state index contributed by atoms with van der Waals surface area (Å²) >= 11 is 0. The van der Waals surface area contributed by atoms with Gasteiger partial charge in [0.2, 0.25) is 0 Å². The Labute approximate surface area is 90.2 Å². The lowest BCUT2D eigenvalue weighted by atomic mass is 10.2. The Kier molecular flexibility index (Phi) is 2.34. The molecule has 0 bridgehead atoms. The number of anilines is 2. The van der Waals surface area contributed by atoms with Crippen LogP contribution in [0.3, 0.4) is 0 Å². The first-order valence-corrected chi connectivity index (χ1v) is 5.09. The molecule has 0 aromatic carbocycles. The van der Waals surface area contributed by atoms with E-state index in [1.54, 1.807) is 6.33 Å². The molecule has 0 aliphatic carbocycles. The molecule has 4 heteroatoms. The fraction of sp³-hybridized carbons (Fsp3) is 0.455. The molecule has 15 heavy (non-hydrogen) atoms. The summed E-state index contributed by atoms with van der Waals surface area (Å²) in [5.74, 6) is 0.978. The minimum absolute atomic E-state index is 0.385. The van der Waals surface area contributed by atoms with E-state index in [0.29, 0.717) is 6.04 Å². The number of hydrogen-bond donors (Lipinski definition) is 0. The van der Waals surface area contributed by atoms with E-state index in [2.05, 4.69) is 40.2 Å². The molecule has 2 heterocycles. The van der Waals surface area contributed by atoms with E-state index in [9.17, 15) is 0 Å². The zero-order chi connectivity index (χ0) is 11.0. The topological polar surface area (TPSA) is 32.3 Å². The number of hydrogen-bond acceptors (Lipinski definition) is 4. The van der Waals surface area contributed by atoms with Crippen molar-refractivity contribution in [2.75, 3.05) is 23.4 Å². The number of likely N-dealkylation sites (N-methyl/N-ethyl adjacent to an activating group) is 1. The van der Waals surface area contributed by atoms with Gasteiger partial charge in [0.25, 0.3) is 0 Å². The van der Waals surface area contributed by atoms with Crippen LogP contribution in [0.1, 0.15) is 13.8 Å². The molecule has 2 rings (SSSR count). The maximum Gasteiger partial charge on any atom is 0.156 e. The van der Waals surface area contributed by atoms with E-state index >= 15 is 0 Å². The molecule has 1 aliphatic heterocycles. The summed E-state index contributed by atoms with van der Waals surface area (Å²) in [5, 5.41) is 0. The van der Waals surface area contributed by atoms with E-state index in [4.69, 9.17) is 0 Å². The van der Waals surface area contributed by atoms with Crippen LogP contribution in [0, 0.1) is 0 Å². The molecule has 0 spiro atoms. The predicted molar refractivity (Wildman–Crippen MR) is 62.1 cm³/mol. The maximum absolute atomic E-state index is 4.30. The van der Waals surface area contributed by atoms with Crippen molar-refractivity contribution in [2.24, 2.45) is 0 Å². The molecular weight excluding hydrogens is 188 g/mol. The highest BCUT2D eigenvalue weighted by Gasteiger charge is 2.26. The minimum Gasteiger partial charge on any atom is -0.352 e. The van der Waals surface area contributed by atoms with E-state index < -0.39 is 0 Å². The van der Waals surface area contributed by atoms with Gasteiger partial charge in [-0.1, -0.05) is 6.58 Å². The Bertz CT molecular complexity index is 386. The smallest absolute Gasteiger partial charge is 0.156 e. The molecule has 1 aromatic rings. The molecule has 0 amide bonds. The number of rotatable bonds is 1. The van der Waals surface area contributed by atoms with Crippen LogP contribution in [0.25, 0.3) is 0 Å². The third-order valence-electron chi connectivity index (χ3n) is 2.57. The maximum atomic E-state index is 4.30. The first kappa shape index (κ1) is 9.96. The van der Waals surface area contributed by atoms with Gasteiger partial charge in [-0.15, -0.1) is 0 Å². The highest BCUT2D eigenvalue weighted by atomic mass is 15.3. The van der Waals surface area contributed by atoms with Crippen LogP contribution >= 0.6 is 0 Å². The average Bonchev–Trinajstić information content (AvgIpc) is 2.17. The fourth-order valence-electron chi connectivity index (χ4n) is 2.02.